The van der Waals surface area contributed by atoms with Crippen LogP contribution in [0.25, 0.3) is 5.65 Å². The molecule has 0 bridgehead atoms. The maximum atomic E-state index is 4.49. The summed E-state index contributed by atoms with van der Waals surface area (Å²) in [7, 11) is 1.85. The van der Waals surface area contributed by atoms with Crippen molar-refractivity contribution in [2.75, 3.05) is 17.7 Å². The van der Waals surface area contributed by atoms with Gasteiger partial charge in [-0.3, -0.25) is 0 Å². The first kappa shape index (κ1) is 11.9. The summed E-state index contributed by atoms with van der Waals surface area (Å²) in [6.45, 7) is 2.70. The van der Waals surface area contributed by atoms with Crippen molar-refractivity contribution in [2.45, 2.75) is 13.5 Å². The van der Waals surface area contributed by atoms with Crippen LogP contribution >= 0.6 is 11.3 Å². The summed E-state index contributed by atoms with van der Waals surface area (Å²) in [5, 5.41) is 7.43. The second kappa shape index (κ2) is 4.85. The fourth-order valence-corrected chi connectivity index (χ4v) is 2.56. The van der Waals surface area contributed by atoms with Gasteiger partial charge in [0.25, 0.3) is 0 Å². The van der Waals surface area contributed by atoms with Crippen molar-refractivity contribution in [3.05, 3.63) is 34.7 Å². The molecule has 0 spiro atoms. The van der Waals surface area contributed by atoms with E-state index in [9.17, 15) is 0 Å². The third kappa shape index (κ3) is 2.37. The van der Waals surface area contributed by atoms with E-state index in [0.29, 0.717) is 6.54 Å². The van der Waals surface area contributed by atoms with Gasteiger partial charge in [0.15, 0.2) is 11.5 Å². The zero-order valence-corrected chi connectivity index (χ0v) is 11.5. The summed E-state index contributed by atoms with van der Waals surface area (Å²) in [6.07, 6.45) is 7.46. The predicted molar refractivity (Wildman–Crippen MR) is 76.7 cm³/mol. The molecule has 2 N–H and O–H groups in total. The molecule has 0 aliphatic rings. The van der Waals surface area contributed by atoms with Crippen molar-refractivity contribution < 1.29 is 0 Å². The smallest absolute Gasteiger partial charge is 0.180 e. The monoisotopic (exact) mass is 274 g/mol. The zero-order chi connectivity index (χ0) is 13.2. The number of aryl methyl sites for hydroxylation is 1. The Morgan fingerprint density at radius 2 is 2.26 bits per heavy atom. The van der Waals surface area contributed by atoms with Gasteiger partial charge >= 0.3 is 0 Å². The van der Waals surface area contributed by atoms with Gasteiger partial charge in [-0.05, 0) is 6.92 Å². The molecule has 6 nitrogen and oxygen atoms in total. The first-order chi connectivity index (χ1) is 9.26. The molecule has 0 amide bonds. The Hall–Kier alpha value is -2.15. The Morgan fingerprint density at radius 1 is 1.37 bits per heavy atom. The lowest BCUT2D eigenvalue weighted by molar-refractivity contribution is 1.08. The molecule has 0 aromatic carbocycles. The second-order valence-corrected chi connectivity index (χ2v) is 5.40. The van der Waals surface area contributed by atoms with Crippen molar-refractivity contribution in [3.8, 4) is 0 Å². The highest BCUT2D eigenvalue weighted by atomic mass is 32.1. The van der Waals surface area contributed by atoms with Crippen LogP contribution in [0.4, 0.5) is 11.6 Å². The third-order valence-electron chi connectivity index (χ3n) is 2.73. The van der Waals surface area contributed by atoms with Crippen LogP contribution in [0.1, 0.15) is 9.88 Å². The maximum absolute atomic E-state index is 4.49. The average Bonchev–Trinajstić information content (AvgIpc) is 3.04. The molecule has 0 unspecified atom stereocenters. The first-order valence-corrected chi connectivity index (χ1v) is 6.74. The number of anilines is 2. The Balaban J connectivity index is 1.88. The molecular formula is C12H14N6S. The SMILES string of the molecule is CNc1cn2ccnc2c(NCc2cnc(C)s2)n1. The van der Waals surface area contributed by atoms with Gasteiger partial charge in [0.2, 0.25) is 0 Å². The molecule has 0 radical (unpaired) electrons. The van der Waals surface area contributed by atoms with E-state index in [4.69, 9.17) is 0 Å². The van der Waals surface area contributed by atoms with E-state index in [2.05, 4.69) is 25.6 Å². The quantitative estimate of drug-likeness (QED) is 0.763. The number of aromatic nitrogens is 4. The van der Waals surface area contributed by atoms with Gasteiger partial charge in [-0.15, -0.1) is 11.3 Å². The Morgan fingerprint density at radius 3 is 3.00 bits per heavy atom. The van der Waals surface area contributed by atoms with Crippen molar-refractivity contribution in [2.24, 2.45) is 0 Å². The fraction of sp³-hybridized carbons (Fsp3) is 0.250. The maximum Gasteiger partial charge on any atom is 0.180 e. The van der Waals surface area contributed by atoms with Gasteiger partial charge in [-0.1, -0.05) is 0 Å². The highest BCUT2D eigenvalue weighted by Crippen LogP contribution is 2.18. The van der Waals surface area contributed by atoms with Crippen LogP contribution in [0.3, 0.4) is 0 Å². The number of fused-ring (bicyclic) bond motifs is 1. The molecule has 3 aromatic heterocycles. The van der Waals surface area contributed by atoms with Gasteiger partial charge in [0.05, 0.1) is 17.7 Å². The number of nitrogens with one attached hydrogen (secondary N) is 2. The lowest BCUT2D eigenvalue weighted by Gasteiger charge is -2.08. The van der Waals surface area contributed by atoms with E-state index in [1.165, 1.54) is 4.88 Å². The molecule has 3 rings (SSSR count). The summed E-state index contributed by atoms with van der Waals surface area (Å²) in [6, 6.07) is 0. The van der Waals surface area contributed by atoms with E-state index < -0.39 is 0 Å². The van der Waals surface area contributed by atoms with E-state index in [1.54, 1.807) is 17.5 Å². The highest BCUT2D eigenvalue weighted by molar-refractivity contribution is 7.11. The van der Waals surface area contributed by atoms with Crippen molar-refractivity contribution in [1.82, 2.24) is 19.4 Å². The largest absolute Gasteiger partial charge is 0.372 e. The van der Waals surface area contributed by atoms with E-state index >= 15 is 0 Å². The molecule has 0 aliphatic heterocycles. The molecule has 0 fully saturated rings. The number of thiazole rings is 1. The second-order valence-electron chi connectivity index (χ2n) is 4.08. The fourth-order valence-electron chi connectivity index (χ4n) is 1.83. The molecule has 19 heavy (non-hydrogen) atoms. The average molecular weight is 274 g/mol. The summed E-state index contributed by atoms with van der Waals surface area (Å²) < 4.78 is 1.94. The number of rotatable bonds is 4. The summed E-state index contributed by atoms with van der Waals surface area (Å²) >= 11 is 1.68. The number of hydrogen-bond donors (Lipinski definition) is 2. The molecule has 7 heteroatoms. The molecule has 98 valence electrons. The number of imidazole rings is 1. The Bertz CT molecular complexity index is 701. The van der Waals surface area contributed by atoms with Gasteiger partial charge in [0.1, 0.15) is 5.82 Å². The number of nitrogens with zero attached hydrogens (tertiary/aromatic N) is 4. The molecule has 3 aromatic rings. The molecule has 0 saturated heterocycles. The predicted octanol–water partition coefficient (Wildman–Crippen LogP) is 2.15. The summed E-state index contributed by atoms with van der Waals surface area (Å²) in [5.74, 6) is 1.57. The minimum atomic E-state index is 0.703. The van der Waals surface area contributed by atoms with Crippen LogP contribution in [0.5, 0.6) is 0 Å². The van der Waals surface area contributed by atoms with Crippen LogP contribution in [-0.4, -0.2) is 26.4 Å². The third-order valence-corrected chi connectivity index (χ3v) is 3.64. The van der Waals surface area contributed by atoms with Gasteiger partial charge in [-0.2, -0.15) is 0 Å². The lowest BCUT2D eigenvalue weighted by atomic mass is 10.5. The molecule has 3 heterocycles. The van der Waals surface area contributed by atoms with Gasteiger partial charge in [-0.25, -0.2) is 15.0 Å². The van der Waals surface area contributed by atoms with Crippen LogP contribution in [0.2, 0.25) is 0 Å². The van der Waals surface area contributed by atoms with E-state index in [1.807, 2.05) is 37.0 Å². The van der Waals surface area contributed by atoms with Crippen LogP contribution in [-0.2, 0) is 6.54 Å². The van der Waals surface area contributed by atoms with Gasteiger partial charge < -0.3 is 15.0 Å². The normalized spacial score (nSPS) is 10.8. The molecule has 0 aliphatic carbocycles. The topological polar surface area (TPSA) is 67.1 Å². The summed E-state index contributed by atoms with van der Waals surface area (Å²) in [4.78, 5) is 14.2. The molecule has 0 atom stereocenters. The van der Waals surface area contributed by atoms with Gasteiger partial charge in [0, 0.05) is 30.5 Å². The zero-order valence-electron chi connectivity index (χ0n) is 10.7. The summed E-state index contributed by atoms with van der Waals surface area (Å²) in [5.41, 5.74) is 0.820. The minimum Gasteiger partial charge on any atom is -0.372 e. The van der Waals surface area contributed by atoms with Crippen molar-refractivity contribution in [3.63, 3.8) is 0 Å². The van der Waals surface area contributed by atoms with Crippen LogP contribution in [0.15, 0.2) is 24.8 Å². The molecular weight excluding hydrogens is 260 g/mol. The lowest BCUT2D eigenvalue weighted by Crippen LogP contribution is -2.05. The van der Waals surface area contributed by atoms with E-state index in [0.717, 1.165) is 22.3 Å². The Labute approximate surface area is 114 Å². The number of hydrogen-bond acceptors (Lipinski definition) is 6. The van der Waals surface area contributed by atoms with E-state index in [-0.39, 0.29) is 0 Å². The van der Waals surface area contributed by atoms with Crippen LogP contribution < -0.4 is 10.6 Å². The van der Waals surface area contributed by atoms with Crippen LogP contribution in [0, 0.1) is 6.92 Å². The van der Waals surface area contributed by atoms with Crippen molar-refractivity contribution >= 4 is 28.6 Å². The standard InChI is InChI=1S/C12H14N6S/c1-8-15-5-9(19-8)6-16-11-12-14-3-4-18(12)7-10(13-2)17-11/h3-5,7,13H,6H2,1-2H3,(H,16,17). The first-order valence-electron chi connectivity index (χ1n) is 5.93. The minimum absolute atomic E-state index is 0.703. The Kier molecular flexibility index (Phi) is 3.04. The highest BCUT2D eigenvalue weighted by Gasteiger charge is 2.07. The molecule has 0 saturated carbocycles. The van der Waals surface area contributed by atoms with Crippen molar-refractivity contribution in [1.29, 1.82) is 0 Å².